The average Bonchev–Trinajstić information content (AvgIpc) is 2.98. The lowest BCUT2D eigenvalue weighted by Crippen LogP contribution is -2.27. The number of thiocarbonyl (C=S) groups is 1. The van der Waals surface area contributed by atoms with Crippen LogP contribution in [0.15, 0.2) is 87.5 Å². The number of rotatable bonds is 4. The Balaban J connectivity index is 1.64. The molecule has 1 heterocycles. The predicted molar refractivity (Wildman–Crippen MR) is 129 cm³/mol. The van der Waals surface area contributed by atoms with Gasteiger partial charge in [-0.05, 0) is 60.2 Å². The summed E-state index contributed by atoms with van der Waals surface area (Å²) in [5.74, 6) is -0.145. The van der Waals surface area contributed by atoms with Crippen molar-refractivity contribution >= 4 is 80.9 Å². The zero-order valence-electron chi connectivity index (χ0n) is 14.8. The highest BCUT2D eigenvalue weighted by Crippen LogP contribution is 2.38. The Hall–Kier alpha value is -1.76. The van der Waals surface area contributed by atoms with E-state index in [0.717, 1.165) is 15.4 Å². The van der Waals surface area contributed by atoms with Gasteiger partial charge >= 0.3 is 0 Å². The van der Waals surface area contributed by atoms with Gasteiger partial charge in [-0.15, -0.1) is 0 Å². The maximum Gasteiger partial charge on any atom is 0.270 e. The fourth-order valence-corrected chi connectivity index (χ4v) is 5.29. The van der Waals surface area contributed by atoms with Gasteiger partial charge in [0.15, 0.2) is 4.32 Å². The second kappa shape index (κ2) is 8.94. The Labute approximate surface area is 192 Å². The highest BCUT2D eigenvalue weighted by molar-refractivity contribution is 8.27. The van der Waals surface area contributed by atoms with Crippen molar-refractivity contribution in [3.63, 3.8) is 0 Å². The van der Waals surface area contributed by atoms with Crippen molar-refractivity contribution in [3.8, 4) is 0 Å². The van der Waals surface area contributed by atoms with Crippen LogP contribution in [-0.4, -0.2) is 10.2 Å². The number of halogens is 2. The molecule has 1 saturated heterocycles. The van der Waals surface area contributed by atoms with E-state index in [1.807, 2.05) is 60.7 Å². The summed E-state index contributed by atoms with van der Waals surface area (Å²) in [5, 5.41) is 1.26. The maximum absolute atomic E-state index is 13.0. The molecule has 0 saturated carbocycles. The fraction of sp³-hybridized carbons (Fsp3) is 0. The van der Waals surface area contributed by atoms with Crippen molar-refractivity contribution in [2.45, 2.75) is 9.79 Å². The van der Waals surface area contributed by atoms with Gasteiger partial charge in [-0.3, -0.25) is 9.69 Å². The van der Waals surface area contributed by atoms with E-state index in [2.05, 4.69) is 0 Å². The van der Waals surface area contributed by atoms with Crippen LogP contribution >= 0.6 is 58.9 Å². The number of carbonyl (C=O) groups excluding carboxylic acids is 1. The molecule has 4 rings (SSSR count). The van der Waals surface area contributed by atoms with Crippen molar-refractivity contribution < 1.29 is 4.79 Å². The van der Waals surface area contributed by atoms with E-state index in [4.69, 9.17) is 35.4 Å². The van der Waals surface area contributed by atoms with E-state index in [0.29, 0.717) is 25.0 Å². The molecule has 0 aromatic heterocycles. The van der Waals surface area contributed by atoms with Gasteiger partial charge < -0.3 is 0 Å². The minimum atomic E-state index is -0.145. The summed E-state index contributed by atoms with van der Waals surface area (Å²) in [4.78, 5) is 17.2. The lowest BCUT2D eigenvalue weighted by atomic mass is 10.2. The fourth-order valence-electron chi connectivity index (χ4n) is 2.77. The summed E-state index contributed by atoms with van der Waals surface area (Å²) in [7, 11) is 0. The quantitative estimate of drug-likeness (QED) is 0.287. The average molecular weight is 474 g/mol. The van der Waals surface area contributed by atoms with E-state index >= 15 is 0 Å². The van der Waals surface area contributed by atoms with Gasteiger partial charge in [0.1, 0.15) is 0 Å². The van der Waals surface area contributed by atoms with Crippen LogP contribution in [0.2, 0.25) is 10.0 Å². The third-order valence-corrected chi connectivity index (χ3v) is 7.00. The molecule has 0 radical (unpaired) electrons. The Morgan fingerprint density at radius 3 is 2.45 bits per heavy atom. The van der Waals surface area contributed by atoms with Crippen LogP contribution in [0.25, 0.3) is 6.08 Å². The predicted octanol–water partition coefficient (Wildman–Crippen LogP) is 7.55. The molecule has 0 atom stereocenters. The topological polar surface area (TPSA) is 20.3 Å². The Morgan fingerprint density at radius 2 is 1.69 bits per heavy atom. The highest BCUT2D eigenvalue weighted by atomic mass is 35.5. The molecule has 0 unspecified atom stereocenters. The number of anilines is 1. The molecule has 29 heavy (non-hydrogen) atoms. The smallest absolute Gasteiger partial charge is 0.268 e. The van der Waals surface area contributed by atoms with Crippen molar-refractivity contribution in [2.75, 3.05) is 4.90 Å². The number of amides is 1. The molecular formula is C22H13Cl2NOS3. The number of hydrogen-bond acceptors (Lipinski definition) is 4. The number of hydrogen-bond donors (Lipinski definition) is 0. The van der Waals surface area contributed by atoms with E-state index in [1.54, 1.807) is 30.0 Å². The van der Waals surface area contributed by atoms with Gasteiger partial charge in [0.05, 0.1) is 10.6 Å². The second-order valence-electron chi connectivity index (χ2n) is 6.09. The normalized spacial score (nSPS) is 15.4. The first-order valence-electron chi connectivity index (χ1n) is 8.57. The number of benzene rings is 3. The lowest BCUT2D eigenvalue weighted by Gasteiger charge is -2.14. The van der Waals surface area contributed by atoms with Crippen LogP contribution in [0.4, 0.5) is 5.69 Å². The van der Waals surface area contributed by atoms with Crippen LogP contribution in [-0.2, 0) is 4.79 Å². The third kappa shape index (κ3) is 4.71. The molecule has 1 aliphatic heterocycles. The van der Waals surface area contributed by atoms with E-state index in [1.165, 1.54) is 16.7 Å². The summed E-state index contributed by atoms with van der Waals surface area (Å²) >= 11 is 20.4. The van der Waals surface area contributed by atoms with Gasteiger partial charge in [-0.1, -0.05) is 83.2 Å². The third-order valence-electron chi connectivity index (χ3n) is 4.11. The lowest BCUT2D eigenvalue weighted by molar-refractivity contribution is -0.113. The molecule has 3 aromatic carbocycles. The van der Waals surface area contributed by atoms with Gasteiger partial charge in [0.25, 0.3) is 5.91 Å². The molecule has 2 nitrogen and oxygen atoms in total. The summed E-state index contributed by atoms with van der Waals surface area (Å²) in [5.41, 5.74) is 1.63. The molecule has 144 valence electrons. The van der Waals surface area contributed by atoms with Crippen molar-refractivity contribution in [3.05, 3.63) is 93.3 Å². The standard InChI is InChI=1S/C22H13Cl2NOS3/c23-15-8-10-18(11-9-15)28-19-7-2-1-4-14(19)12-20-21(26)25(22(27)29-20)17-6-3-5-16(24)13-17/h1-13H/b20-12+. The Kier molecular flexibility index (Phi) is 6.32. The van der Waals surface area contributed by atoms with E-state index < -0.39 is 0 Å². The zero-order chi connectivity index (χ0) is 20.4. The minimum Gasteiger partial charge on any atom is -0.268 e. The van der Waals surface area contributed by atoms with E-state index in [-0.39, 0.29) is 5.91 Å². The van der Waals surface area contributed by atoms with Crippen molar-refractivity contribution in [2.24, 2.45) is 0 Å². The largest absolute Gasteiger partial charge is 0.270 e. The molecular weight excluding hydrogens is 461 g/mol. The molecule has 0 aliphatic carbocycles. The minimum absolute atomic E-state index is 0.145. The molecule has 0 bridgehead atoms. The van der Waals surface area contributed by atoms with Gasteiger partial charge in [0.2, 0.25) is 0 Å². The monoisotopic (exact) mass is 473 g/mol. The first-order chi connectivity index (χ1) is 14.0. The molecule has 3 aromatic rings. The van der Waals surface area contributed by atoms with Crippen LogP contribution in [0.5, 0.6) is 0 Å². The molecule has 0 spiro atoms. The van der Waals surface area contributed by atoms with Crippen LogP contribution in [0, 0.1) is 0 Å². The van der Waals surface area contributed by atoms with Crippen LogP contribution < -0.4 is 4.90 Å². The van der Waals surface area contributed by atoms with Crippen LogP contribution in [0.3, 0.4) is 0 Å². The van der Waals surface area contributed by atoms with Crippen LogP contribution in [0.1, 0.15) is 5.56 Å². The SMILES string of the molecule is O=C1/C(=C\c2ccccc2Sc2ccc(Cl)cc2)SC(=S)N1c1cccc(Cl)c1. The molecule has 1 amide bonds. The molecule has 0 N–H and O–H groups in total. The van der Waals surface area contributed by atoms with Gasteiger partial charge in [-0.2, -0.15) is 0 Å². The summed E-state index contributed by atoms with van der Waals surface area (Å²) in [6.07, 6.45) is 1.89. The number of carbonyl (C=O) groups is 1. The summed E-state index contributed by atoms with van der Waals surface area (Å²) in [6.45, 7) is 0. The second-order valence-corrected chi connectivity index (χ2v) is 9.75. The van der Waals surface area contributed by atoms with Crippen molar-refractivity contribution in [1.82, 2.24) is 0 Å². The highest BCUT2D eigenvalue weighted by Gasteiger charge is 2.33. The number of thioether (sulfide) groups is 1. The van der Waals surface area contributed by atoms with Gasteiger partial charge in [0, 0.05) is 19.8 Å². The summed E-state index contributed by atoms with van der Waals surface area (Å²) in [6, 6.07) is 22.8. The van der Waals surface area contributed by atoms with Crippen molar-refractivity contribution in [1.29, 1.82) is 0 Å². The Morgan fingerprint density at radius 1 is 0.931 bits per heavy atom. The maximum atomic E-state index is 13.0. The van der Waals surface area contributed by atoms with Gasteiger partial charge in [-0.25, -0.2) is 0 Å². The van der Waals surface area contributed by atoms with E-state index in [9.17, 15) is 4.79 Å². The first kappa shape index (κ1) is 20.5. The first-order valence-corrected chi connectivity index (χ1v) is 11.4. The number of nitrogens with zero attached hydrogens (tertiary/aromatic N) is 1. The molecule has 7 heteroatoms. The molecule has 1 aliphatic rings. The molecule has 1 fully saturated rings. The zero-order valence-corrected chi connectivity index (χ0v) is 18.8. The summed E-state index contributed by atoms with van der Waals surface area (Å²) < 4.78 is 0.492. The Bertz CT molecular complexity index is 1130.